The van der Waals surface area contributed by atoms with Crippen LogP contribution < -0.4 is 14.8 Å². The summed E-state index contributed by atoms with van der Waals surface area (Å²) in [6.45, 7) is 4.16. The maximum Gasteiger partial charge on any atom is 0.259 e. The molecule has 0 aliphatic heterocycles. The minimum atomic E-state index is -0.252. The summed E-state index contributed by atoms with van der Waals surface area (Å²) in [6, 6.07) is 19.1. The summed E-state index contributed by atoms with van der Waals surface area (Å²) in [4.78, 5) is 17.6. The number of fused-ring (bicyclic) bond motifs is 1. The maximum atomic E-state index is 13.0. The first-order valence-corrected chi connectivity index (χ1v) is 11.2. The van der Waals surface area contributed by atoms with Crippen LogP contribution in [0.4, 0.5) is 5.69 Å². The molecule has 3 heterocycles. The van der Waals surface area contributed by atoms with Gasteiger partial charge in [0, 0.05) is 24.1 Å². The monoisotopic (exact) mass is 467 g/mol. The number of hydrogen-bond donors (Lipinski definition) is 1. The van der Waals surface area contributed by atoms with E-state index < -0.39 is 0 Å². The first-order valence-electron chi connectivity index (χ1n) is 11.2. The quantitative estimate of drug-likeness (QED) is 0.365. The molecule has 5 rings (SSSR count). The van der Waals surface area contributed by atoms with Gasteiger partial charge >= 0.3 is 0 Å². The molecule has 1 amide bonds. The van der Waals surface area contributed by atoms with E-state index in [9.17, 15) is 4.79 Å². The number of benzene rings is 2. The molecule has 2 aromatic carbocycles. The van der Waals surface area contributed by atoms with E-state index in [2.05, 4.69) is 15.4 Å². The number of ether oxygens (including phenoxy) is 2. The summed E-state index contributed by atoms with van der Waals surface area (Å²) in [5.41, 5.74) is 5.50. The Bertz CT molecular complexity index is 1490. The fraction of sp³-hybridized carbons (Fsp3) is 0.148. The second kappa shape index (κ2) is 9.34. The summed E-state index contributed by atoms with van der Waals surface area (Å²) in [5.74, 6) is 0.822. The van der Waals surface area contributed by atoms with Crippen molar-refractivity contribution in [2.24, 2.45) is 0 Å². The fourth-order valence-electron chi connectivity index (χ4n) is 3.93. The fourth-order valence-corrected chi connectivity index (χ4v) is 3.93. The van der Waals surface area contributed by atoms with Crippen LogP contribution in [-0.2, 0) is 6.61 Å². The number of anilines is 1. The second-order valence-corrected chi connectivity index (χ2v) is 8.20. The van der Waals surface area contributed by atoms with Crippen LogP contribution in [0.15, 0.2) is 79.3 Å². The summed E-state index contributed by atoms with van der Waals surface area (Å²) >= 11 is 0. The van der Waals surface area contributed by atoms with Crippen molar-refractivity contribution in [1.29, 1.82) is 0 Å². The minimum absolute atomic E-state index is 0.252. The van der Waals surface area contributed by atoms with Crippen molar-refractivity contribution >= 4 is 17.2 Å². The van der Waals surface area contributed by atoms with Crippen LogP contribution in [0.3, 0.4) is 0 Å². The van der Waals surface area contributed by atoms with Crippen LogP contribution in [0.2, 0.25) is 0 Å². The molecule has 3 aromatic heterocycles. The van der Waals surface area contributed by atoms with Gasteiger partial charge < -0.3 is 19.2 Å². The Hall–Kier alpha value is -4.59. The van der Waals surface area contributed by atoms with Gasteiger partial charge in [0.1, 0.15) is 12.3 Å². The van der Waals surface area contributed by atoms with E-state index in [0.29, 0.717) is 22.7 Å². The average Bonchev–Trinajstić information content (AvgIpc) is 3.46. The van der Waals surface area contributed by atoms with Gasteiger partial charge in [-0.05, 0) is 55.8 Å². The van der Waals surface area contributed by atoms with Gasteiger partial charge in [0.25, 0.3) is 5.91 Å². The lowest BCUT2D eigenvalue weighted by Crippen LogP contribution is -2.13. The third-order valence-electron chi connectivity index (χ3n) is 5.71. The molecule has 0 aliphatic rings. The van der Waals surface area contributed by atoms with Crippen LogP contribution in [0.25, 0.3) is 11.3 Å². The second-order valence-electron chi connectivity index (χ2n) is 8.20. The number of nitrogens with zero attached hydrogens (tertiary/aromatic N) is 4. The maximum absolute atomic E-state index is 13.0. The molecule has 0 unspecified atom stereocenters. The molecule has 1 N–H and O–H groups in total. The van der Waals surface area contributed by atoms with Gasteiger partial charge in [-0.15, -0.1) is 0 Å². The molecule has 35 heavy (non-hydrogen) atoms. The number of carbonyl (C=O) groups excluding carboxylic acids is 1. The van der Waals surface area contributed by atoms with Gasteiger partial charge in [-0.3, -0.25) is 4.79 Å². The normalized spacial score (nSPS) is 10.9. The van der Waals surface area contributed by atoms with Gasteiger partial charge in [0.05, 0.1) is 35.9 Å². The zero-order valence-corrected chi connectivity index (χ0v) is 19.7. The van der Waals surface area contributed by atoms with Crippen LogP contribution in [0, 0.1) is 13.8 Å². The highest BCUT2D eigenvalue weighted by atomic mass is 16.5. The molecule has 0 fully saturated rings. The van der Waals surface area contributed by atoms with Crippen LogP contribution in [-0.4, -0.2) is 32.2 Å². The van der Waals surface area contributed by atoms with Crippen molar-refractivity contribution in [1.82, 2.24) is 19.2 Å². The van der Waals surface area contributed by atoms with E-state index in [1.165, 1.54) is 0 Å². The van der Waals surface area contributed by atoms with E-state index in [-0.39, 0.29) is 12.5 Å². The summed E-state index contributed by atoms with van der Waals surface area (Å²) < 4.78 is 15.1. The van der Waals surface area contributed by atoms with Crippen LogP contribution in [0.1, 0.15) is 27.3 Å². The molecule has 0 atom stereocenters. The van der Waals surface area contributed by atoms with Crippen LogP contribution >= 0.6 is 0 Å². The Morgan fingerprint density at radius 1 is 1.03 bits per heavy atom. The molecular formula is C27H25N5O3. The van der Waals surface area contributed by atoms with Gasteiger partial charge in [-0.1, -0.05) is 18.2 Å². The molecule has 0 saturated carbocycles. The first-order chi connectivity index (χ1) is 17.0. The number of aryl methyl sites for hydroxylation is 1. The highest BCUT2D eigenvalue weighted by Crippen LogP contribution is 2.31. The number of imidazole rings is 1. The summed E-state index contributed by atoms with van der Waals surface area (Å²) in [5, 5.41) is 7.36. The zero-order chi connectivity index (χ0) is 24.4. The standard InChI is InChI=1S/C27H25N5O3/c1-18-7-6-8-22(13-18)32-19(2)23(15-28-32)27(33)30-20-10-11-24(34-3)25(14-20)35-17-21-16-31-12-5-4-9-26(31)29-21/h4-16H,17H2,1-3H3,(H,30,33). The Balaban J connectivity index is 1.33. The Kier molecular flexibility index (Phi) is 5.93. The highest BCUT2D eigenvalue weighted by molar-refractivity contribution is 6.05. The molecule has 5 aromatic rings. The van der Waals surface area contributed by atoms with Gasteiger partial charge in [-0.25, -0.2) is 9.67 Å². The van der Waals surface area contributed by atoms with Crippen molar-refractivity contribution in [2.45, 2.75) is 20.5 Å². The number of carbonyl (C=O) groups is 1. The zero-order valence-electron chi connectivity index (χ0n) is 19.7. The predicted molar refractivity (Wildman–Crippen MR) is 134 cm³/mol. The van der Waals surface area contributed by atoms with E-state index in [1.807, 2.05) is 73.1 Å². The highest BCUT2D eigenvalue weighted by Gasteiger charge is 2.17. The third kappa shape index (κ3) is 4.59. The van der Waals surface area contributed by atoms with E-state index in [0.717, 1.165) is 28.3 Å². The van der Waals surface area contributed by atoms with Gasteiger partial charge in [-0.2, -0.15) is 5.10 Å². The topological polar surface area (TPSA) is 82.7 Å². The molecule has 8 heteroatoms. The lowest BCUT2D eigenvalue weighted by molar-refractivity contribution is 0.102. The Morgan fingerprint density at radius 3 is 2.71 bits per heavy atom. The number of aromatic nitrogens is 4. The largest absolute Gasteiger partial charge is 0.493 e. The molecule has 0 saturated heterocycles. The number of rotatable bonds is 7. The third-order valence-corrected chi connectivity index (χ3v) is 5.71. The van der Waals surface area contributed by atoms with E-state index in [1.54, 1.807) is 36.2 Å². The van der Waals surface area contributed by atoms with Crippen molar-refractivity contribution in [3.8, 4) is 17.2 Å². The van der Waals surface area contributed by atoms with Gasteiger partial charge in [0.2, 0.25) is 0 Å². The Morgan fingerprint density at radius 2 is 1.91 bits per heavy atom. The lowest BCUT2D eigenvalue weighted by atomic mass is 10.2. The first kappa shape index (κ1) is 22.2. The summed E-state index contributed by atoms with van der Waals surface area (Å²) in [7, 11) is 1.58. The number of methoxy groups -OCH3 is 1. The lowest BCUT2D eigenvalue weighted by Gasteiger charge is -2.12. The number of hydrogen-bond acceptors (Lipinski definition) is 5. The average molecular weight is 468 g/mol. The van der Waals surface area contributed by atoms with E-state index in [4.69, 9.17) is 9.47 Å². The predicted octanol–water partition coefficient (Wildman–Crippen LogP) is 4.98. The van der Waals surface area contributed by atoms with Crippen molar-refractivity contribution in [3.05, 3.63) is 102 Å². The number of amides is 1. The van der Waals surface area contributed by atoms with Gasteiger partial charge in [0.15, 0.2) is 11.5 Å². The summed E-state index contributed by atoms with van der Waals surface area (Å²) in [6.07, 6.45) is 5.44. The smallest absolute Gasteiger partial charge is 0.259 e. The Labute approximate surface area is 202 Å². The molecule has 8 nitrogen and oxygen atoms in total. The molecule has 0 aliphatic carbocycles. The van der Waals surface area contributed by atoms with E-state index >= 15 is 0 Å². The molecule has 0 spiro atoms. The number of pyridine rings is 1. The van der Waals surface area contributed by atoms with Crippen LogP contribution in [0.5, 0.6) is 11.5 Å². The molecule has 176 valence electrons. The molecule has 0 radical (unpaired) electrons. The number of nitrogens with one attached hydrogen (secondary N) is 1. The minimum Gasteiger partial charge on any atom is -0.493 e. The van der Waals surface area contributed by atoms with Crippen molar-refractivity contribution in [3.63, 3.8) is 0 Å². The SMILES string of the molecule is COc1ccc(NC(=O)c2cnn(-c3cccc(C)c3)c2C)cc1OCc1cn2ccccc2n1. The molecular weight excluding hydrogens is 442 g/mol. The van der Waals surface area contributed by atoms with Crippen molar-refractivity contribution in [2.75, 3.05) is 12.4 Å². The van der Waals surface area contributed by atoms with Crippen molar-refractivity contribution < 1.29 is 14.3 Å². The molecule has 0 bridgehead atoms.